The number of carbonyl (C=O) groups excluding carboxylic acids is 2. The van der Waals surface area contributed by atoms with Gasteiger partial charge in [-0.3, -0.25) is 14.3 Å². The van der Waals surface area contributed by atoms with Gasteiger partial charge in [0, 0.05) is 31.7 Å². The minimum Gasteiger partial charge on any atom is -0.339 e. The first-order valence-electron chi connectivity index (χ1n) is 9.21. The molecule has 6 heteroatoms. The van der Waals surface area contributed by atoms with E-state index < -0.39 is 0 Å². The molecule has 0 radical (unpaired) electrons. The molecule has 1 aromatic rings. The highest BCUT2D eigenvalue weighted by molar-refractivity contribution is 5.89. The Labute approximate surface area is 142 Å². The molecule has 0 unspecified atom stereocenters. The van der Waals surface area contributed by atoms with Crippen LogP contribution in [0.1, 0.15) is 44.1 Å². The normalized spacial score (nSPS) is 27.8. The number of aromatic nitrogens is 2. The summed E-state index contributed by atoms with van der Waals surface area (Å²) in [7, 11) is 0. The number of amides is 2. The Kier molecular flexibility index (Phi) is 4.06. The Hall–Kier alpha value is -1.85. The van der Waals surface area contributed by atoms with Gasteiger partial charge in [-0.1, -0.05) is 0 Å². The molecule has 3 fully saturated rings. The second-order valence-corrected chi connectivity index (χ2v) is 7.60. The van der Waals surface area contributed by atoms with E-state index >= 15 is 0 Å². The lowest BCUT2D eigenvalue weighted by Crippen LogP contribution is -2.48. The molecule has 2 saturated heterocycles. The number of nitrogens with zero attached hydrogens (tertiary/aromatic N) is 4. The molecule has 1 saturated carbocycles. The van der Waals surface area contributed by atoms with Gasteiger partial charge in [0.1, 0.15) is 0 Å². The van der Waals surface area contributed by atoms with Gasteiger partial charge in [0.05, 0.1) is 24.7 Å². The molecule has 1 aliphatic carbocycles. The average molecular weight is 330 g/mol. The molecule has 130 valence electrons. The summed E-state index contributed by atoms with van der Waals surface area (Å²) < 4.78 is 1.95. The third-order valence-electron chi connectivity index (χ3n) is 5.57. The van der Waals surface area contributed by atoms with Crippen LogP contribution in [0.4, 0.5) is 0 Å². The zero-order valence-corrected chi connectivity index (χ0v) is 14.4. The summed E-state index contributed by atoms with van der Waals surface area (Å²) in [5.41, 5.74) is 1.14. The Balaban J connectivity index is 1.44. The predicted molar refractivity (Wildman–Crippen MR) is 89.2 cm³/mol. The Morgan fingerprint density at radius 2 is 2.12 bits per heavy atom. The van der Waals surface area contributed by atoms with Gasteiger partial charge in [0.25, 0.3) is 0 Å². The van der Waals surface area contributed by atoms with Crippen LogP contribution in [0.25, 0.3) is 0 Å². The van der Waals surface area contributed by atoms with E-state index in [1.165, 1.54) is 0 Å². The van der Waals surface area contributed by atoms with Crippen LogP contribution < -0.4 is 0 Å². The van der Waals surface area contributed by atoms with Crippen molar-refractivity contribution < 1.29 is 9.59 Å². The first kappa shape index (κ1) is 15.7. The van der Waals surface area contributed by atoms with Gasteiger partial charge in [-0.2, -0.15) is 5.10 Å². The van der Waals surface area contributed by atoms with E-state index in [4.69, 9.17) is 0 Å². The van der Waals surface area contributed by atoms with Crippen molar-refractivity contribution in [3.63, 3.8) is 0 Å². The lowest BCUT2D eigenvalue weighted by molar-refractivity contribution is -0.139. The van der Waals surface area contributed by atoms with Gasteiger partial charge in [-0.05, 0) is 44.6 Å². The molecule has 0 aromatic carbocycles. The van der Waals surface area contributed by atoms with Crippen LogP contribution in [-0.4, -0.2) is 56.6 Å². The molecule has 1 aromatic heterocycles. The van der Waals surface area contributed by atoms with Crippen LogP contribution in [0.2, 0.25) is 0 Å². The van der Waals surface area contributed by atoms with Crippen LogP contribution in [0.5, 0.6) is 0 Å². The van der Waals surface area contributed by atoms with Gasteiger partial charge in [-0.15, -0.1) is 0 Å². The largest absolute Gasteiger partial charge is 0.339 e. The maximum atomic E-state index is 13.1. The highest BCUT2D eigenvalue weighted by atomic mass is 16.2. The van der Waals surface area contributed by atoms with Crippen molar-refractivity contribution in [2.45, 2.75) is 64.1 Å². The zero-order valence-electron chi connectivity index (χ0n) is 14.4. The molecule has 4 rings (SSSR count). The summed E-state index contributed by atoms with van der Waals surface area (Å²) in [5.74, 6) is 0.213. The number of hydrogen-bond acceptors (Lipinski definition) is 3. The molecule has 3 aliphatic rings. The van der Waals surface area contributed by atoms with Gasteiger partial charge < -0.3 is 9.80 Å². The fraction of sp³-hybridized carbons (Fsp3) is 0.722. The fourth-order valence-electron chi connectivity index (χ4n) is 4.13. The van der Waals surface area contributed by atoms with Gasteiger partial charge in [0.2, 0.25) is 11.8 Å². The summed E-state index contributed by atoms with van der Waals surface area (Å²) >= 11 is 0. The van der Waals surface area contributed by atoms with E-state index in [1.54, 1.807) is 0 Å². The van der Waals surface area contributed by atoms with Crippen molar-refractivity contribution in [1.29, 1.82) is 0 Å². The average Bonchev–Trinajstić information content (AvgIpc) is 3.23. The molecular weight excluding hydrogens is 304 g/mol. The van der Waals surface area contributed by atoms with Crippen molar-refractivity contribution in [2.75, 3.05) is 13.1 Å². The second-order valence-electron chi connectivity index (χ2n) is 7.60. The highest BCUT2D eigenvalue weighted by Crippen LogP contribution is 2.34. The number of carbonyl (C=O) groups is 2. The maximum Gasteiger partial charge on any atom is 0.228 e. The molecular formula is C18H26N4O2. The standard InChI is InChI=1S/C18H26N4O2/c1-13-9-19-20(10-13)12-16-4-2-3-7-21(16)18(24)14-8-17(23)22(11-14)15-5-6-15/h9-10,14-16H,2-8,11-12H2,1H3/t14-,16+/m0/s1. The molecule has 2 amide bonds. The summed E-state index contributed by atoms with van der Waals surface area (Å²) in [4.78, 5) is 29.2. The van der Waals surface area contributed by atoms with Gasteiger partial charge >= 0.3 is 0 Å². The Morgan fingerprint density at radius 1 is 1.29 bits per heavy atom. The van der Waals surface area contributed by atoms with E-state index in [-0.39, 0.29) is 23.8 Å². The third kappa shape index (κ3) is 3.06. The van der Waals surface area contributed by atoms with Gasteiger partial charge in [0.15, 0.2) is 0 Å². The minimum atomic E-state index is -0.141. The Morgan fingerprint density at radius 3 is 2.83 bits per heavy atom. The molecule has 0 spiro atoms. The van der Waals surface area contributed by atoms with Crippen molar-refractivity contribution in [2.24, 2.45) is 5.92 Å². The smallest absolute Gasteiger partial charge is 0.228 e. The van der Waals surface area contributed by atoms with Crippen molar-refractivity contribution in [1.82, 2.24) is 19.6 Å². The van der Waals surface area contributed by atoms with Crippen molar-refractivity contribution in [3.05, 3.63) is 18.0 Å². The molecule has 24 heavy (non-hydrogen) atoms. The number of piperidine rings is 1. The molecule has 6 nitrogen and oxygen atoms in total. The van der Waals surface area contributed by atoms with Crippen LogP contribution in [0.15, 0.2) is 12.4 Å². The van der Waals surface area contributed by atoms with Crippen molar-refractivity contribution in [3.8, 4) is 0 Å². The molecule has 2 aliphatic heterocycles. The number of aryl methyl sites for hydroxylation is 1. The minimum absolute atomic E-state index is 0.141. The predicted octanol–water partition coefficient (Wildman–Crippen LogP) is 1.58. The van der Waals surface area contributed by atoms with E-state index in [0.29, 0.717) is 19.0 Å². The van der Waals surface area contributed by atoms with Gasteiger partial charge in [-0.25, -0.2) is 0 Å². The van der Waals surface area contributed by atoms with Crippen LogP contribution >= 0.6 is 0 Å². The number of hydrogen-bond donors (Lipinski definition) is 0. The summed E-state index contributed by atoms with van der Waals surface area (Å²) in [6, 6.07) is 0.620. The number of likely N-dealkylation sites (tertiary alicyclic amines) is 2. The molecule has 2 atom stereocenters. The van der Waals surface area contributed by atoms with E-state index in [0.717, 1.165) is 50.8 Å². The molecule has 0 N–H and O–H groups in total. The first-order chi connectivity index (χ1) is 11.6. The summed E-state index contributed by atoms with van der Waals surface area (Å²) in [6.07, 6.45) is 9.76. The van der Waals surface area contributed by atoms with E-state index in [2.05, 4.69) is 5.10 Å². The van der Waals surface area contributed by atoms with E-state index in [1.807, 2.05) is 33.8 Å². The zero-order chi connectivity index (χ0) is 16.7. The first-order valence-corrected chi connectivity index (χ1v) is 9.21. The molecule has 0 bridgehead atoms. The monoisotopic (exact) mass is 330 g/mol. The lowest BCUT2D eigenvalue weighted by atomic mass is 9.98. The maximum absolute atomic E-state index is 13.1. The lowest BCUT2D eigenvalue weighted by Gasteiger charge is -2.37. The van der Waals surface area contributed by atoms with Crippen LogP contribution in [0, 0.1) is 12.8 Å². The SMILES string of the molecule is Cc1cnn(C[C@H]2CCCCN2C(=O)[C@H]2CC(=O)N(C3CC3)C2)c1. The number of rotatable bonds is 4. The second kappa shape index (κ2) is 6.22. The van der Waals surface area contributed by atoms with E-state index in [9.17, 15) is 9.59 Å². The highest BCUT2D eigenvalue weighted by Gasteiger charge is 2.43. The van der Waals surface area contributed by atoms with Crippen molar-refractivity contribution >= 4 is 11.8 Å². The summed E-state index contributed by atoms with van der Waals surface area (Å²) in [5, 5.41) is 4.37. The third-order valence-corrected chi connectivity index (χ3v) is 5.57. The quantitative estimate of drug-likeness (QED) is 0.842. The molecule has 3 heterocycles. The fourth-order valence-corrected chi connectivity index (χ4v) is 4.13. The Bertz CT molecular complexity index is 637. The topological polar surface area (TPSA) is 58.4 Å². The van der Waals surface area contributed by atoms with Crippen LogP contribution in [0.3, 0.4) is 0 Å². The van der Waals surface area contributed by atoms with Crippen LogP contribution in [-0.2, 0) is 16.1 Å². The summed E-state index contributed by atoms with van der Waals surface area (Å²) in [6.45, 7) is 4.24.